The van der Waals surface area contributed by atoms with Crippen molar-refractivity contribution < 1.29 is 9.90 Å². The van der Waals surface area contributed by atoms with Gasteiger partial charge in [0.2, 0.25) is 5.91 Å². The Labute approximate surface area is 146 Å². The zero-order chi connectivity index (χ0) is 15.9. The summed E-state index contributed by atoms with van der Waals surface area (Å²) in [7, 11) is 0. The van der Waals surface area contributed by atoms with Crippen molar-refractivity contribution in [1.29, 1.82) is 0 Å². The lowest BCUT2D eigenvalue weighted by atomic mass is 9.90. The van der Waals surface area contributed by atoms with Gasteiger partial charge in [-0.3, -0.25) is 4.79 Å². The van der Waals surface area contributed by atoms with Crippen molar-refractivity contribution in [3.05, 3.63) is 26.6 Å². The quantitative estimate of drug-likeness (QED) is 0.558. The number of carbonyl (C=O) groups excluding carboxylic acids is 1. The predicted molar refractivity (Wildman–Crippen MR) is 92.8 cm³/mol. The third-order valence-electron chi connectivity index (χ3n) is 5.04. The van der Waals surface area contributed by atoms with Crippen molar-refractivity contribution in [2.24, 2.45) is 22.4 Å². The number of phenolic OH excluding ortho intramolecular Hbond substituents is 1. The monoisotopic (exact) mass is 428 g/mol. The summed E-state index contributed by atoms with van der Waals surface area (Å²) < 4.78 is 1.16. The van der Waals surface area contributed by atoms with E-state index in [4.69, 9.17) is 0 Å². The highest BCUT2D eigenvalue weighted by Crippen LogP contribution is 2.66. The molecule has 0 aliphatic heterocycles. The van der Waals surface area contributed by atoms with E-state index in [1.165, 1.54) is 12.8 Å². The van der Waals surface area contributed by atoms with Crippen LogP contribution in [-0.2, 0) is 4.79 Å². The molecule has 4 nitrogen and oxygen atoms in total. The second kappa shape index (κ2) is 5.96. The van der Waals surface area contributed by atoms with E-state index in [9.17, 15) is 9.90 Å². The normalized spacial score (nSPS) is 30.1. The van der Waals surface area contributed by atoms with Crippen LogP contribution in [0.5, 0.6) is 5.75 Å². The predicted octanol–water partition coefficient (Wildman–Crippen LogP) is 4.19. The van der Waals surface area contributed by atoms with Crippen LogP contribution in [0.25, 0.3) is 0 Å². The molecule has 2 N–H and O–H groups in total. The Morgan fingerprint density at radius 3 is 2.68 bits per heavy atom. The Morgan fingerprint density at radius 2 is 2.09 bits per heavy atom. The highest BCUT2D eigenvalue weighted by atomic mass is 79.9. The molecule has 118 valence electrons. The highest BCUT2D eigenvalue weighted by Gasteiger charge is 2.64. The molecule has 0 saturated heterocycles. The van der Waals surface area contributed by atoms with Crippen LogP contribution < -0.4 is 5.43 Å². The first kappa shape index (κ1) is 16.0. The van der Waals surface area contributed by atoms with Crippen LogP contribution in [0.3, 0.4) is 0 Å². The van der Waals surface area contributed by atoms with Crippen molar-refractivity contribution in [1.82, 2.24) is 5.43 Å². The summed E-state index contributed by atoms with van der Waals surface area (Å²) in [6, 6.07) is 3.49. The third kappa shape index (κ3) is 2.83. The van der Waals surface area contributed by atoms with Crippen molar-refractivity contribution >= 4 is 44.0 Å². The molecule has 22 heavy (non-hydrogen) atoms. The van der Waals surface area contributed by atoms with Gasteiger partial charge in [0.15, 0.2) is 0 Å². The van der Waals surface area contributed by atoms with Gasteiger partial charge in [-0.15, -0.1) is 0 Å². The fourth-order valence-electron chi connectivity index (χ4n) is 3.75. The van der Waals surface area contributed by atoms with Crippen LogP contribution in [0.1, 0.15) is 38.2 Å². The van der Waals surface area contributed by atoms with E-state index in [-0.39, 0.29) is 23.0 Å². The molecule has 1 amide bonds. The zero-order valence-electron chi connectivity index (χ0n) is 12.3. The molecule has 0 aromatic heterocycles. The van der Waals surface area contributed by atoms with Gasteiger partial charge in [-0.05, 0) is 73.7 Å². The number of aromatic hydroxyl groups is 1. The maximum atomic E-state index is 12.3. The van der Waals surface area contributed by atoms with Crippen molar-refractivity contribution in [2.45, 2.75) is 32.6 Å². The summed E-state index contributed by atoms with van der Waals surface area (Å²) in [5, 5.41) is 13.7. The molecule has 3 rings (SSSR count). The van der Waals surface area contributed by atoms with E-state index in [1.54, 1.807) is 18.3 Å². The first-order valence-corrected chi connectivity index (χ1v) is 9.03. The molecule has 0 radical (unpaired) electrons. The second-order valence-electron chi connectivity index (χ2n) is 6.40. The summed E-state index contributed by atoms with van der Waals surface area (Å²) in [5.74, 6) is 0.831. The lowest BCUT2D eigenvalue weighted by Gasteiger charge is -2.15. The molecule has 2 aliphatic carbocycles. The minimum absolute atomic E-state index is 0.0301. The second-order valence-corrected chi connectivity index (χ2v) is 8.11. The molecule has 1 aromatic rings. The number of halogens is 2. The topological polar surface area (TPSA) is 61.7 Å². The Balaban J connectivity index is 1.62. The van der Waals surface area contributed by atoms with Crippen LogP contribution in [0.4, 0.5) is 0 Å². The summed E-state index contributed by atoms with van der Waals surface area (Å²) in [5.41, 5.74) is 3.65. The molecule has 2 fully saturated rings. The molecule has 6 heteroatoms. The number of hydrazone groups is 1. The third-order valence-corrected chi connectivity index (χ3v) is 6.25. The smallest absolute Gasteiger partial charge is 0.244 e. The molecule has 2 aliphatic rings. The zero-order valence-corrected chi connectivity index (χ0v) is 15.4. The van der Waals surface area contributed by atoms with Crippen LogP contribution in [0.15, 0.2) is 26.2 Å². The molecular formula is C16H18Br2N2O2. The fraction of sp³-hybridized carbons (Fsp3) is 0.500. The molecule has 2 saturated carbocycles. The molecular weight excluding hydrogens is 412 g/mol. The number of fused-ring (bicyclic) bond motifs is 1. The van der Waals surface area contributed by atoms with Crippen LogP contribution >= 0.6 is 31.9 Å². The average molecular weight is 430 g/mol. The van der Waals surface area contributed by atoms with Gasteiger partial charge in [-0.1, -0.05) is 19.8 Å². The minimum Gasteiger partial charge on any atom is -0.506 e. The van der Waals surface area contributed by atoms with Crippen LogP contribution in [0, 0.1) is 17.3 Å². The van der Waals surface area contributed by atoms with Crippen molar-refractivity contribution in [3.8, 4) is 5.75 Å². The molecule has 0 heterocycles. The number of nitrogens with one attached hydrogen (secondary N) is 1. The summed E-state index contributed by atoms with van der Waals surface area (Å²) in [6.07, 6.45) is 6.37. The summed E-state index contributed by atoms with van der Waals surface area (Å²) in [6.45, 7) is 2.22. The summed E-state index contributed by atoms with van der Waals surface area (Å²) in [4.78, 5) is 12.3. The van der Waals surface area contributed by atoms with Crippen LogP contribution in [0.2, 0.25) is 0 Å². The highest BCUT2D eigenvalue weighted by molar-refractivity contribution is 9.11. The lowest BCUT2D eigenvalue weighted by Crippen LogP contribution is -2.22. The number of rotatable bonds is 3. The molecule has 0 spiro atoms. The number of benzene rings is 1. The number of phenols is 1. The van der Waals surface area contributed by atoms with Gasteiger partial charge in [0, 0.05) is 5.92 Å². The van der Waals surface area contributed by atoms with Gasteiger partial charge in [0.1, 0.15) is 5.75 Å². The van der Waals surface area contributed by atoms with Gasteiger partial charge in [-0.25, -0.2) is 5.43 Å². The molecule has 3 atom stereocenters. The number of hydrogen-bond donors (Lipinski definition) is 2. The van der Waals surface area contributed by atoms with E-state index in [0.717, 1.165) is 18.4 Å². The maximum Gasteiger partial charge on any atom is 0.244 e. The first-order valence-electron chi connectivity index (χ1n) is 7.44. The number of nitrogens with zero attached hydrogens (tertiary/aromatic N) is 1. The number of hydrogen-bond acceptors (Lipinski definition) is 3. The fourth-order valence-corrected chi connectivity index (χ4v) is 4.97. The van der Waals surface area contributed by atoms with Crippen LogP contribution in [-0.4, -0.2) is 17.2 Å². The SMILES string of the molecule is C[C@@]12CCCC[C@H]1[C@@H]2C(=O)N/N=C\c1cc(Br)c(O)c(Br)c1. The van der Waals surface area contributed by atoms with Gasteiger partial charge in [0.05, 0.1) is 15.2 Å². The largest absolute Gasteiger partial charge is 0.506 e. The van der Waals surface area contributed by atoms with Crippen molar-refractivity contribution in [3.63, 3.8) is 0 Å². The van der Waals surface area contributed by atoms with Gasteiger partial charge >= 0.3 is 0 Å². The van der Waals surface area contributed by atoms with E-state index in [2.05, 4.69) is 49.3 Å². The van der Waals surface area contributed by atoms with E-state index in [1.807, 2.05) is 0 Å². The van der Waals surface area contributed by atoms with E-state index < -0.39 is 0 Å². The Bertz CT molecular complexity index is 624. The summed E-state index contributed by atoms with van der Waals surface area (Å²) >= 11 is 6.54. The number of amides is 1. The Morgan fingerprint density at radius 1 is 1.41 bits per heavy atom. The van der Waals surface area contributed by atoms with Gasteiger partial charge in [0.25, 0.3) is 0 Å². The molecule has 0 unspecified atom stereocenters. The lowest BCUT2D eigenvalue weighted by molar-refractivity contribution is -0.123. The van der Waals surface area contributed by atoms with E-state index >= 15 is 0 Å². The maximum absolute atomic E-state index is 12.3. The molecule has 0 bridgehead atoms. The number of carbonyl (C=O) groups is 1. The van der Waals surface area contributed by atoms with Gasteiger partial charge in [-0.2, -0.15) is 5.10 Å². The average Bonchev–Trinajstić information content (AvgIpc) is 3.10. The van der Waals surface area contributed by atoms with Crippen molar-refractivity contribution in [2.75, 3.05) is 0 Å². The van der Waals surface area contributed by atoms with E-state index in [0.29, 0.717) is 14.9 Å². The molecule has 1 aromatic carbocycles. The Kier molecular flexibility index (Phi) is 4.34. The first-order chi connectivity index (χ1) is 10.4. The Hall–Kier alpha value is -0.880. The minimum atomic E-state index is 0.0301. The van der Waals surface area contributed by atoms with Gasteiger partial charge < -0.3 is 5.11 Å². The standard InChI is InChI=1S/C16H18Br2N2O2/c1-16-5-3-2-4-10(16)13(16)15(22)20-19-8-9-6-11(17)14(21)12(18)7-9/h6-8,10,13,21H,2-5H2,1H3,(H,20,22)/b19-8-/t10-,13+,16+/m0/s1.